The van der Waals surface area contributed by atoms with Crippen molar-refractivity contribution in [2.24, 2.45) is 4.99 Å². The molecule has 0 radical (unpaired) electrons. The zero-order valence-electron chi connectivity index (χ0n) is 14.9. The van der Waals surface area contributed by atoms with E-state index >= 15 is 0 Å². The molecule has 1 saturated heterocycles. The van der Waals surface area contributed by atoms with Gasteiger partial charge in [-0.3, -0.25) is 0 Å². The van der Waals surface area contributed by atoms with Crippen molar-refractivity contribution in [3.63, 3.8) is 0 Å². The molecule has 9 heteroatoms. The summed E-state index contributed by atoms with van der Waals surface area (Å²) in [5.41, 5.74) is 0.119. The van der Waals surface area contributed by atoms with Gasteiger partial charge in [-0.05, 0) is 32.8 Å². The molecule has 0 aromatic heterocycles. The first-order valence-corrected chi connectivity index (χ1v) is 8.31. The van der Waals surface area contributed by atoms with E-state index in [1.807, 2.05) is 13.8 Å². The van der Waals surface area contributed by atoms with E-state index in [1.165, 1.54) is 12.1 Å². The maximum atomic E-state index is 12.5. The number of hydrogen-bond donors (Lipinski definition) is 2. The second-order valence-corrected chi connectivity index (χ2v) is 6.11. The van der Waals surface area contributed by atoms with Crippen LogP contribution in [0.3, 0.4) is 0 Å². The maximum Gasteiger partial charge on any atom is 0.573 e. The Labute approximate surface area is 168 Å². The third-order valence-electron chi connectivity index (χ3n) is 3.88. The summed E-state index contributed by atoms with van der Waals surface area (Å²) in [6.07, 6.45) is -2.74. The summed E-state index contributed by atoms with van der Waals surface area (Å²) >= 11 is 0. The maximum absolute atomic E-state index is 12.5. The van der Waals surface area contributed by atoms with Crippen molar-refractivity contribution in [3.05, 3.63) is 29.8 Å². The van der Waals surface area contributed by atoms with Crippen LogP contribution in [0.25, 0.3) is 0 Å². The van der Waals surface area contributed by atoms with Gasteiger partial charge >= 0.3 is 6.36 Å². The Bertz CT molecular complexity index is 591. The Balaban J connectivity index is 0.00000338. The molecule has 0 saturated carbocycles. The molecule has 1 atom stereocenters. The van der Waals surface area contributed by atoms with Crippen LogP contribution in [0.15, 0.2) is 29.3 Å². The summed E-state index contributed by atoms with van der Waals surface area (Å²) in [4.78, 5) is 4.36. The summed E-state index contributed by atoms with van der Waals surface area (Å²) < 4.78 is 47.2. The Morgan fingerprint density at radius 1 is 1.31 bits per heavy atom. The molecule has 5 nitrogen and oxygen atoms in total. The lowest BCUT2D eigenvalue weighted by molar-refractivity contribution is -0.274. The Morgan fingerprint density at radius 2 is 2.04 bits per heavy atom. The van der Waals surface area contributed by atoms with Crippen molar-refractivity contribution in [2.45, 2.75) is 45.2 Å². The molecule has 1 fully saturated rings. The number of nitrogens with zero attached hydrogens (tertiary/aromatic N) is 1. The third kappa shape index (κ3) is 7.56. The molecule has 2 N–H and O–H groups in total. The van der Waals surface area contributed by atoms with Crippen LogP contribution < -0.4 is 15.4 Å². The van der Waals surface area contributed by atoms with Gasteiger partial charge in [0.25, 0.3) is 0 Å². The molecule has 1 aromatic carbocycles. The van der Waals surface area contributed by atoms with Gasteiger partial charge in [0, 0.05) is 25.3 Å². The van der Waals surface area contributed by atoms with E-state index in [0.717, 1.165) is 19.4 Å². The van der Waals surface area contributed by atoms with Gasteiger partial charge < -0.3 is 20.1 Å². The molecule has 0 spiro atoms. The summed E-state index contributed by atoms with van der Waals surface area (Å²) in [6, 6.07) is 6.00. The predicted molar refractivity (Wildman–Crippen MR) is 105 cm³/mol. The number of para-hydroxylation sites is 1. The summed E-state index contributed by atoms with van der Waals surface area (Å²) in [5.74, 6) is 0.293. The Morgan fingerprint density at radius 3 is 2.65 bits per heavy atom. The second kappa shape index (κ2) is 10.2. The van der Waals surface area contributed by atoms with Gasteiger partial charge in [0.1, 0.15) is 5.75 Å². The van der Waals surface area contributed by atoms with Crippen LogP contribution in [-0.2, 0) is 11.3 Å². The minimum Gasteiger partial charge on any atom is -0.405 e. The number of ether oxygens (including phenoxy) is 2. The molecule has 1 heterocycles. The van der Waals surface area contributed by atoms with Crippen LogP contribution in [0.2, 0.25) is 0 Å². The SMILES string of the molecule is CCNC(=NCc1ccccc1OC(F)(F)F)NCC1(C)CCCO1.I. The molecule has 1 aromatic rings. The molecule has 0 bridgehead atoms. The number of benzene rings is 1. The molecule has 0 aliphatic carbocycles. The summed E-state index contributed by atoms with van der Waals surface area (Å²) in [7, 11) is 0. The average molecular weight is 487 g/mol. The van der Waals surface area contributed by atoms with Crippen LogP contribution in [0.4, 0.5) is 13.2 Å². The van der Waals surface area contributed by atoms with Crippen molar-refractivity contribution in [1.82, 2.24) is 10.6 Å². The quantitative estimate of drug-likeness (QED) is 0.364. The molecule has 148 valence electrons. The molecule has 2 rings (SSSR count). The van der Waals surface area contributed by atoms with Crippen molar-refractivity contribution in [2.75, 3.05) is 19.7 Å². The minimum atomic E-state index is -4.73. The number of aliphatic imine (C=N–C) groups is 1. The van der Waals surface area contributed by atoms with E-state index in [4.69, 9.17) is 4.74 Å². The largest absolute Gasteiger partial charge is 0.573 e. The monoisotopic (exact) mass is 487 g/mol. The molecular formula is C17H25F3IN3O2. The van der Waals surface area contributed by atoms with Gasteiger partial charge in [-0.25, -0.2) is 4.99 Å². The number of halogens is 4. The predicted octanol–water partition coefficient (Wildman–Crippen LogP) is 3.83. The van der Waals surface area contributed by atoms with Gasteiger partial charge in [0.15, 0.2) is 5.96 Å². The van der Waals surface area contributed by atoms with Crippen molar-refractivity contribution in [1.29, 1.82) is 0 Å². The highest BCUT2D eigenvalue weighted by Gasteiger charge is 2.32. The normalized spacial score (nSPS) is 20.4. The van der Waals surface area contributed by atoms with Crippen LogP contribution in [0.5, 0.6) is 5.75 Å². The van der Waals surface area contributed by atoms with Crippen LogP contribution in [0.1, 0.15) is 32.3 Å². The smallest absolute Gasteiger partial charge is 0.405 e. The Kier molecular flexibility index (Phi) is 8.94. The van der Waals surface area contributed by atoms with E-state index < -0.39 is 6.36 Å². The lowest BCUT2D eigenvalue weighted by atomic mass is 10.0. The highest BCUT2D eigenvalue weighted by atomic mass is 127. The minimum absolute atomic E-state index is 0. The third-order valence-corrected chi connectivity index (χ3v) is 3.88. The van der Waals surface area contributed by atoms with Crippen molar-refractivity contribution >= 4 is 29.9 Å². The van der Waals surface area contributed by atoms with E-state index in [-0.39, 0.29) is 41.9 Å². The van der Waals surface area contributed by atoms with E-state index in [1.54, 1.807) is 12.1 Å². The first-order valence-electron chi connectivity index (χ1n) is 8.31. The first-order chi connectivity index (χ1) is 11.8. The lowest BCUT2D eigenvalue weighted by Crippen LogP contribution is -2.45. The highest BCUT2D eigenvalue weighted by molar-refractivity contribution is 14.0. The van der Waals surface area contributed by atoms with Crippen LogP contribution in [-0.4, -0.2) is 37.6 Å². The van der Waals surface area contributed by atoms with E-state index in [9.17, 15) is 13.2 Å². The zero-order valence-corrected chi connectivity index (χ0v) is 17.2. The van der Waals surface area contributed by atoms with Gasteiger partial charge in [0.05, 0.1) is 12.1 Å². The topological polar surface area (TPSA) is 54.9 Å². The van der Waals surface area contributed by atoms with Gasteiger partial charge in [-0.2, -0.15) is 0 Å². The fourth-order valence-electron chi connectivity index (χ4n) is 2.61. The highest BCUT2D eigenvalue weighted by Crippen LogP contribution is 2.27. The van der Waals surface area contributed by atoms with Gasteiger partial charge in [-0.15, -0.1) is 37.1 Å². The molecule has 1 unspecified atom stereocenters. The molecular weight excluding hydrogens is 462 g/mol. The number of guanidine groups is 1. The van der Waals surface area contributed by atoms with E-state index in [0.29, 0.717) is 24.6 Å². The fourth-order valence-corrected chi connectivity index (χ4v) is 2.61. The van der Waals surface area contributed by atoms with E-state index in [2.05, 4.69) is 20.4 Å². The molecule has 26 heavy (non-hydrogen) atoms. The summed E-state index contributed by atoms with van der Waals surface area (Å²) in [5, 5.41) is 6.27. The van der Waals surface area contributed by atoms with Crippen LogP contribution >= 0.6 is 24.0 Å². The standard InChI is InChI=1S/C17H24F3N3O2.HI/c1-3-21-15(23-12-16(2)9-6-10-24-16)22-11-13-7-4-5-8-14(13)25-17(18,19)20;/h4-5,7-8H,3,6,9-12H2,1-2H3,(H2,21,22,23);1H. The molecule has 1 aliphatic rings. The number of rotatable bonds is 6. The molecule has 0 amide bonds. The molecule has 1 aliphatic heterocycles. The summed E-state index contributed by atoms with van der Waals surface area (Å²) in [6.45, 7) is 5.99. The number of hydrogen-bond acceptors (Lipinski definition) is 3. The van der Waals surface area contributed by atoms with Crippen molar-refractivity contribution < 1.29 is 22.6 Å². The first kappa shape index (κ1) is 22.8. The lowest BCUT2D eigenvalue weighted by Gasteiger charge is -2.24. The van der Waals surface area contributed by atoms with Crippen LogP contribution in [0, 0.1) is 0 Å². The number of alkyl halides is 3. The van der Waals surface area contributed by atoms with Gasteiger partial charge in [-0.1, -0.05) is 18.2 Å². The second-order valence-electron chi connectivity index (χ2n) is 6.11. The average Bonchev–Trinajstić information content (AvgIpc) is 2.97. The van der Waals surface area contributed by atoms with Gasteiger partial charge in [0.2, 0.25) is 0 Å². The Hall–Kier alpha value is -1.23. The fraction of sp³-hybridized carbons (Fsp3) is 0.588. The van der Waals surface area contributed by atoms with Crippen molar-refractivity contribution in [3.8, 4) is 5.75 Å². The zero-order chi connectivity index (χ0) is 18.3. The number of nitrogens with one attached hydrogen (secondary N) is 2.